The number of halogens is 2. The molecule has 1 fully saturated rings. The number of nitrogens with zero attached hydrogens (tertiary/aromatic N) is 3. The summed E-state index contributed by atoms with van der Waals surface area (Å²) in [5.74, 6) is -0.603. The Labute approximate surface area is 152 Å². The predicted molar refractivity (Wildman–Crippen MR) is 86.0 cm³/mol. The highest BCUT2D eigenvalue weighted by molar-refractivity contribution is 6.06. The number of imide groups is 1. The number of fused-ring (bicyclic) bond motifs is 1. The second kappa shape index (κ2) is 5.86. The van der Waals surface area contributed by atoms with Crippen LogP contribution in [0.3, 0.4) is 0 Å². The quantitative estimate of drug-likeness (QED) is 0.818. The van der Waals surface area contributed by atoms with Crippen LogP contribution >= 0.6 is 0 Å². The maximum atomic E-state index is 13.1. The van der Waals surface area contributed by atoms with Gasteiger partial charge in [0.25, 0.3) is 5.91 Å². The molecule has 3 amide bonds. The van der Waals surface area contributed by atoms with Gasteiger partial charge >= 0.3 is 12.3 Å². The van der Waals surface area contributed by atoms with Crippen molar-refractivity contribution < 1.29 is 27.8 Å². The summed E-state index contributed by atoms with van der Waals surface area (Å²) in [6.45, 7) is 1.62. The van der Waals surface area contributed by atoms with Gasteiger partial charge < -0.3 is 14.8 Å². The molecular formula is C17H14F2N4O4. The smallest absolute Gasteiger partial charge is 0.395 e. The summed E-state index contributed by atoms with van der Waals surface area (Å²) in [6, 6.07) is 3.78. The lowest BCUT2D eigenvalue weighted by Crippen LogP contribution is -2.42. The van der Waals surface area contributed by atoms with E-state index in [0.29, 0.717) is 11.3 Å². The Bertz CT molecular complexity index is 924. The molecule has 1 N–H and O–H groups in total. The zero-order valence-corrected chi connectivity index (χ0v) is 14.1. The third-order valence-corrected chi connectivity index (χ3v) is 4.44. The van der Waals surface area contributed by atoms with E-state index in [1.165, 1.54) is 30.7 Å². The fraction of sp³-hybridized carbons (Fsp3) is 0.294. The van der Waals surface area contributed by atoms with Gasteiger partial charge in [0.15, 0.2) is 17.0 Å². The number of benzene rings is 1. The maximum absolute atomic E-state index is 13.1. The molecule has 1 aromatic heterocycles. The van der Waals surface area contributed by atoms with E-state index in [0.717, 1.165) is 4.90 Å². The van der Waals surface area contributed by atoms with Gasteiger partial charge in [-0.2, -0.15) is 0 Å². The van der Waals surface area contributed by atoms with Gasteiger partial charge in [-0.15, -0.1) is 8.78 Å². The van der Waals surface area contributed by atoms with Crippen LogP contribution in [0.5, 0.6) is 11.5 Å². The highest BCUT2D eigenvalue weighted by atomic mass is 19.3. The third-order valence-electron chi connectivity index (χ3n) is 4.44. The van der Waals surface area contributed by atoms with Gasteiger partial charge in [0.1, 0.15) is 0 Å². The van der Waals surface area contributed by atoms with Crippen LogP contribution < -0.4 is 14.8 Å². The lowest BCUT2D eigenvalue weighted by molar-refractivity contribution is -0.286. The first-order valence-corrected chi connectivity index (χ1v) is 8.08. The van der Waals surface area contributed by atoms with Crippen LogP contribution in [0.2, 0.25) is 0 Å². The largest absolute Gasteiger partial charge is 0.586 e. The normalized spacial score (nSPS) is 22.9. The number of nitrogens with one attached hydrogen (secondary N) is 1. The standard InChI is InChI=1S/C17H14F2N4O4/c1-16(13-9-20-5-6-21-13)14(24)23(15(25)22-16)7-4-10-2-3-11-12(8-10)27-17(18,19)26-11/h2-3,5-6,8-9H,4,7H2,1H3,(H,22,25). The highest BCUT2D eigenvalue weighted by Gasteiger charge is 2.50. The van der Waals surface area contributed by atoms with Crippen LogP contribution in [0.25, 0.3) is 0 Å². The first kappa shape index (κ1) is 17.1. The summed E-state index contributed by atoms with van der Waals surface area (Å²) >= 11 is 0. The van der Waals surface area contributed by atoms with Crippen LogP contribution in [-0.4, -0.2) is 39.6 Å². The zero-order valence-electron chi connectivity index (χ0n) is 14.1. The number of alkyl halides is 2. The van der Waals surface area contributed by atoms with Crippen molar-refractivity contribution >= 4 is 11.9 Å². The minimum atomic E-state index is -3.69. The molecule has 1 saturated heterocycles. The molecule has 0 saturated carbocycles. The van der Waals surface area contributed by atoms with Crippen LogP contribution in [0.15, 0.2) is 36.8 Å². The van der Waals surface area contributed by atoms with Crippen molar-refractivity contribution in [3.63, 3.8) is 0 Å². The molecule has 8 nitrogen and oxygen atoms in total. The number of carbonyl (C=O) groups is 2. The first-order valence-electron chi connectivity index (χ1n) is 8.08. The molecule has 27 heavy (non-hydrogen) atoms. The average molecular weight is 376 g/mol. The van der Waals surface area contributed by atoms with Gasteiger partial charge in [-0.1, -0.05) is 6.07 Å². The number of carbonyl (C=O) groups excluding carboxylic acids is 2. The molecule has 0 bridgehead atoms. The topological polar surface area (TPSA) is 93.7 Å². The summed E-state index contributed by atoms with van der Waals surface area (Å²) in [5.41, 5.74) is -0.359. The molecule has 10 heteroatoms. The second-order valence-electron chi connectivity index (χ2n) is 6.30. The Hall–Kier alpha value is -3.30. The summed E-state index contributed by atoms with van der Waals surface area (Å²) in [7, 11) is 0. The van der Waals surface area contributed by atoms with E-state index in [1.54, 1.807) is 13.0 Å². The van der Waals surface area contributed by atoms with Gasteiger partial charge in [0.2, 0.25) is 0 Å². The van der Waals surface area contributed by atoms with Crippen molar-refractivity contribution in [3.05, 3.63) is 48.0 Å². The van der Waals surface area contributed by atoms with Gasteiger partial charge in [-0.3, -0.25) is 19.7 Å². The zero-order chi connectivity index (χ0) is 19.2. The Kier molecular flexibility index (Phi) is 3.72. The number of aromatic nitrogens is 2. The third kappa shape index (κ3) is 2.92. The van der Waals surface area contributed by atoms with Crippen LogP contribution in [0, 0.1) is 0 Å². The first-order chi connectivity index (χ1) is 12.8. The lowest BCUT2D eigenvalue weighted by atomic mass is 9.98. The monoisotopic (exact) mass is 376 g/mol. The molecule has 1 unspecified atom stereocenters. The minimum absolute atomic E-state index is 0.0611. The molecule has 2 aliphatic heterocycles. The Morgan fingerprint density at radius 1 is 1.19 bits per heavy atom. The van der Waals surface area contributed by atoms with Crippen LogP contribution in [-0.2, 0) is 16.8 Å². The molecule has 2 aromatic rings. The predicted octanol–water partition coefficient (Wildman–Crippen LogP) is 1.81. The molecule has 0 spiro atoms. The SMILES string of the molecule is CC1(c2cnccn2)NC(=O)N(CCc2ccc3c(c2)OC(F)(F)O3)C1=O. The molecule has 1 atom stereocenters. The number of hydrogen-bond acceptors (Lipinski definition) is 6. The molecular weight excluding hydrogens is 362 g/mol. The summed E-state index contributed by atoms with van der Waals surface area (Å²) in [4.78, 5) is 34.1. The van der Waals surface area contributed by atoms with Crippen molar-refractivity contribution in [2.45, 2.75) is 25.2 Å². The fourth-order valence-corrected chi connectivity index (χ4v) is 3.02. The van der Waals surface area contributed by atoms with Gasteiger partial charge in [0.05, 0.1) is 11.9 Å². The Morgan fingerprint density at radius 2 is 1.96 bits per heavy atom. The molecule has 0 radical (unpaired) electrons. The van der Waals surface area contributed by atoms with Crippen molar-refractivity contribution in [2.24, 2.45) is 0 Å². The van der Waals surface area contributed by atoms with E-state index >= 15 is 0 Å². The molecule has 3 heterocycles. The van der Waals surface area contributed by atoms with Gasteiger partial charge in [-0.05, 0) is 31.0 Å². The van der Waals surface area contributed by atoms with E-state index in [2.05, 4.69) is 24.8 Å². The Balaban J connectivity index is 1.48. The number of rotatable bonds is 4. The Morgan fingerprint density at radius 3 is 2.70 bits per heavy atom. The molecule has 1 aromatic carbocycles. The van der Waals surface area contributed by atoms with E-state index < -0.39 is 23.8 Å². The molecule has 0 aliphatic carbocycles. The molecule has 4 rings (SSSR count). The lowest BCUT2D eigenvalue weighted by Gasteiger charge is -2.20. The number of urea groups is 1. The summed E-state index contributed by atoms with van der Waals surface area (Å²) in [5, 5.41) is 2.63. The van der Waals surface area contributed by atoms with E-state index in [4.69, 9.17) is 0 Å². The summed E-state index contributed by atoms with van der Waals surface area (Å²) < 4.78 is 34.9. The van der Waals surface area contributed by atoms with Crippen molar-refractivity contribution in [1.82, 2.24) is 20.2 Å². The van der Waals surface area contributed by atoms with E-state index in [9.17, 15) is 18.4 Å². The number of hydrogen-bond donors (Lipinski definition) is 1. The fourth-order valence-electron chi connectivity index (χ4n) is 3.02. The van der Waals surface area contributed by atoms with Crippen molar-refractivity contribution in [1.29, 1.82) is 0 Å². The van der Waals surface area contributed by atoms with Crippen molar-refractivity contribution in [2.75, 3.05) is 6.54 Å². The van der Waals surface area contributed by atoms with Crippen LogP contribution in [0.1, 0.15) is 18.2 Å². The number of ether oxygens (including phenoxy) is 2. The van der Waals surface area contributed by atoms with Crippen molar-refractivity contribution in [3.8, 4) is 11.5 Å². The highest BCUT2D eigenvalue weighted by Crippen LogP contribution is 2.41. The van der Waals surface area contributed by atoms with Gasteiger partial charge in [-0.25, -0.2) is 4.79 Å². The molecule has 2 aliphatic rings. The minimum Gasteiger partial charge on any atom is -0.395 e. The van der Waals surface area contributed by atoms with Crippen LogP contribution in [0.4, 0.5) is 13.6 Å². The molecule has 140 valence electrons. The second-order valence-corrected chi connectivity index (χ2v) is 6.30. The summed E-state index contributed by atoms with van der Waals surface area (Å²) in [6.07, 6.45) is 0.891. The maximum Gasteiger partial charge on any atom is 0.586 e. The average Bonchev–Trinajstić information content (AvgIpc) is 3.06. The van der Waals surface area contributed by atoms with E-state index in [1.807, 2.05) is 0 Å². The van der Waals surface area contributed by atoms with Gasteiger partial charge in [0, 0.05) is 18.9 Å². The number of amides is 3. The van der Waals surface area contributed by atoms with E-state index in [-0.39, 0.29) is 24.5 Å².